The molecular weight excluding hydrogens is 425 g/mol. The molecule has 0 saturated heterocycles. The molecule has 11 heteroatoms. The number of benzene rings is 2. The molecular formula is C17H13Cl2N5O3S. The molecule has 28 heavy (non-hydrogen) atoms. The van der Waals surface area contributed by atoms with Crippen molar-refractivity contribution in [1.29, 1.82) is 0 Å². The molecule has 1 heterocycles. The third kappa shape index (κ3) is 4.44. The summed E-state index contributed by atoms with van der Waals surface area (Å²) in [6.07, 6.45) is 0. The molecule has 0 aliphatic heterocycles. The number of rotatable bonds is 6. The van der Waals surface area contributed by atoms with Crippen LogP contribution in [-0.2, 0) is 11.8 Å². The highest BCUT2D eigenvalue weighted by Crippen LogP contribution is 2.29. The van der Waals surface area contributed by atoms with Gasteiger partial charge in [0.2, 0.25) is 5.91 Å². The average Bonchev–Trinajstić information content (AvgIpc) is 3.03. The maximum atomic E-state index is 12.2. The zero-order valence-corrected chi connectivity index (χ0v) is 16.8. The fourth-order valence-electron chi connectivity index (χ4n) is 2.38. The van der Waals surface area contributed by atoms with Crippen LogP contribution in [0.4, 0.5) is 11.4 Å². The quantitative estimate of drug-likeness (QED) is 0.347. The molecule has 0 atom stereocenters. The van der Waals surface area contributed by atoms with Crippen LogP contribution in [0.3, 0.4) is 0 Å². The maximum absolute atomic E-state index is 12.2. The van der Waals surface area contributed by atoms with Crippen LogP contribution in [-0.4, -0.2) is 31.3 Å². The average molecular weight is 438 g/mol. The van der Waals surface area contributed by atoms with Crippen LogP contribution in [0.15, 0.2) is 47.6 Å². The first-order valence-corrected chi connectivity index (χ1v) is 9.62. The first-order valence-electron chi connectivity index (χ1n) is 7.87. The lowest BCUT2D eigenvalue weighted by Gasteiger charge is -2.06. The Morgan fingerprint density at radius 3 is 2.68 bits per heavy atom. The topological polar surface area (TPSA) is 103 Å². The number of thioether (sulfide) groups is 1. The van der Waals surface area contributed by atoms with Gasteiger partial charge in [-0.05, 0) is 24.3 Å². The number of nitro benzene ring substituents is 1. The van der Waals surface area contributed by atoms with Gasteiger partial charge in [-0.25, -0.2) is 0 Å². The predicted molar refractivity (Wildman–Crippen MR) is 109 cm³/mol. The van der Waals surface area contributed by atoms with Gasteiger partial charge in [0.05, 0.1) is 20.7 Å². The van der Waals surface area contributed by atoms with E-state index < -0.39 is 10.8 Å². The number of halogens is 2. The van der Waals surface area contributed by atoms with E-state index in [1.165, 1.54) is 18.2 Å². The summed E-state index contributed by atoms with van der Waals surface area (Å²) in [6.45, 7) is 0. The Morgan fingerprint density at radius 1 is 1.21 bits per heavy atom. The number of carbonyl (C=O) groups is 1. The van der Waals surface area contributed by atoms with Crippen LogP contribution in [0.2, 0.25) is 10.0 Å². The Kier molecular flexibility index (Phi) is 6.18. The minimum Gasteiger partial charge on any atom is -0.320 e. The Hall–Kier alpha value is -2.62. The van der Waals surface area contributed by atoms with E-state index in [0.717, 1.165) is 17.3 Å². The molecule has 3 aromatic rings. The molecule has 0 saturated carbocycles. The molecule has 0 bridgehead atoms. The van der Waals surface area contributed by atoms with Gasteiger partial charge in [-0.2, -0.15) is 0 Å². The van der Waals surface area contributed by atoms with Crippen molar-refractivity contribution in [2.24, 2.45) is 7.05 Å². The fraction of sp³-hybridized carbons (Fsp3) is 0.118. The van der Waals surface area contributed by atoms with Crippen LogP contribution in [0.1, 0.15) is 0 Å². The van der Waals surface area contributed by atoms with Crippen molar-refractivity contribution in [2.45, 2.75) is 5.16 Å². The number of para-hydroxylation sites is 2. The Labute approximate surface area is 174 Å². The summed E-state index contributed by atoms with van der Waals surface area (Å²) in [5.74, 6) is 0.193. The number of hydrogen-bond donors (Lipinski definition) is 1. The zero-order chi connectivity index (χ0) is 20.3. The van der Waals surface area contributed by atoms with E-state index in [0.29, 0.717) is 21.0 Å². The van der Waals surface area contributed by atoms with Crippen LogP contribution >= 0.6 is 35.0 Å². The monoisotopic (exact) mass is 437 g/mol. The number of aromatic nitrogens is 3. The van der Waals surface area contributed by atoms with Crippen molar-refractivity contribution in [3.05, 3.63) is 62.6 Å². The van der Waals surface area contributed by atoms with Gasteiger partial charge in [0.1, 0.15) is 5.69 Å². The first-order chi connectivity index (χ1) is 13.4. The molecule has 0 spiro atoms. The van der Waals surface area contributed by atoms with E-state index in [-0.39, 0.29) is 17.1 Å². The van der Waals surface area contributed by atoms with Gasteiger partial charge in [0.25, 0.3) is 5.69 Å². The van der Waals surface area contributed by atoms with E-state index in [1.807, 2.05) is 0 Å². The predicted octanol–water partition coefficient (Wildman–Crippen LogP) is 4.43. The molecule has 0 unspecified atom stereocenters. The second-order valence-corrected chi connectivity index (χ2v) is 7.36. The maximum Gasteiger partial charge on any atom is 0.292 e. The molecule has 0 fully saturated rings. The van der Waals surface area contributed by atoms with Gasteiger partial charge >= 0.3 is 0 Å². The normalized spacial score (nSPS) is 10.7. The molecule has 0 radical (unpaired) electrons. The molecule has 2 aromatic carbocycles. The number of hydrogen-bond acceptors (Lipinski definition) is 6. The number of carbonyl (C=O) groups excluding carboxylic acids is 1. The smallest absolute Gasteiger partial charge is 0.292 e. The Bertz CT molecular complexity index is 1060. The SMILES string of the molecule is Cn1c(SCC(=O)Nc2ccccc2[N+](=O)[O-])nnc1-c1ccc(Cl)c(Cl)c1. The van der Waals surface area contributed by atoms with Gasteiger partial charge in [0.15, 0.2) is 11.0 Å². The van der Waals surface area contributed by atoms with Crippen molar-refractivity contribution in [1.82, 2.24) is 14.8 Å². The van der Waals surface area contributed by atoms with Crippen LogP contribution < -0.4 is 5.32 Å². The summed E-state index contributed by atoms with van der Waals surface area (Å²) in [6, 6.07) is 11.1. The summed E-state index contributed by atoms with van der Waals surface area (Å²) in [4.78, 5) is 22.7. The third-order valence-electron chi connectivity index (χ3n) is 3.72. The van der Waals surface area contributed by atoms with Gasteiger partial charge in [0, 0.05) is 18.7 Å². The molecule has 1 aromatic heterocycles. The fourth-order valence-corrected chi connectivity index (χ4v) is 3.39. The number of nitrogens with zero attached hydrogens (tertiary/aromatic N) is 4. The summed E-state index contributed by atoms with van der Waals surface area (Å²) in [5.41, 5.74) is 0.717. The molecule has 8 nitrogen and oxygen atoms in total. The second kappa shape index (κ2) is 8.59. The molecule has 3 rings (SSSR count). The molecule has 144 valence electrons. The Morgan fingerprint density at radius 2 is 1.96 bits per heavy atom. The standard InChI is InChI=1S/C17H13Cl2N5O3S/c1-23-16(10-6-7-11(18)12(19)8-10)21-22-17(23)28-9-15(25)20-13-4-2-3-5-14(13)24(26)27/h2-8H,9H2,1H3,(H,20,25). The molecule has 0 aliphatic rings. The van der Waals surface area contributed by atoms with Crippen LogP contribution in [0.25, 0.3) is 11.4 Å². The molecule has 1 N–H and O–H groups in total. The zero-order valence-electron chi connectivity index (χ0n) is 14.4. The lowest BCUT2D eigenvalue weighted by Crippen LogP contribution is -2.15. The summed E-state index contributed by atoms with van der Waals surface area (Å²) < 4.78 is 1.72. The third-order valence-corrected chi connectivity index (χ3v) is 5.48. The van der Waals surface area contributed by atoms with Crippen molar-refractivity contribution >= 4 is 52.2 Å². The van der Waals surface area contributed by atoms with Crippen LogP contribution in [0, 0.1) is 10.1 Å². The van der Waals surface area contributed by atoms with Crippen LogP contribution in [0.5, 0.6) is 0 Å². The van der Waals surface area contributed by atoms with Crippen molar-refractivity contribution in [3.63, 3.8) is 0 Å². The van der Waals surface area contributed by atoms with Gasteiger partial charge < -0.3 is 9.88 Å². The minimum absolute atomic E-state index is 0.0133. The van der Waals surface area contributed by atoms with Gasteiger partial charge in [-0.1, -0.05) is 47.1 Å². The molecule has 1 amide bonds. The van der Waals surface area contributed by atoms with Crippen molar-refractivity contribution < 1.29 is 9.72 Å². The Balaban J connectivity index is 1.69. The van der Waals surface area contributed by atoms with E-state index in [1.54, 1.807) is 35.9 Å². The van der Waals surface area contributed by atoms with E-state index >= 15 is 0 Å². The van der Waals surface area contributed by atoms with Crippen molar-refractivity contribution in [3.8, 4) is 11.4 Å². The minimum atomic E-state index is -0.547. The number of amides is 1. The van der Waals surface area contributed by atoms with Gasteiger partial charge in [-0.15, -0.1) is 10.2 Å². The molecule has 0 aliphatic carbocycles. The van der Waals surface area contributed by atoms with Crippen molar-refractivity contribution in [2.75, 3.05) is 11.1 Å². The van der Waals surface area contributed by atoms with E-state index in [9.17, 15) is 14.9 Å². The highest BCUT2D eigenvalue weighted by Gasteiger charge is 2.17. The summed E-state index contributed by atoms with van der Waals surface area (Å²) in [7, 11) is 1.76. The first kappa shape index (κ1) is 20.1. The van der Waals surface area contributed by atoms with E-state index in [4.69, 9.17) is 23.2 Å². The lowest BCUT2D eigenvalue weighted by molar-refractivity contribution is -0.383. The van der Waals surface area contributed by atoms with Gasteiger partial charge in [-0.3, -0.25) is 14.9 Å². The number of anilines is 1. The summed E-state index contributed by atoms with van der Waals surface area (Å²) in [5, 5.41) is 23.1. The number of nitrogens with one attached hydrogen (secondary N) is 1. The largest absolute Gasteiger partial charge is 0.320 e. The second-order valence-electron chi connectivity index (χ2n) is 5.61. The summed E-state index contributed by atoms with van der Waals surface area (Å²) >= 11 is 13.1. The lowest BCUT2D eigenvalue weighted by atomic mass is 10.2. The van der Waals surface area contributed by atoms with E-state index in [2.05, 4.69) is 15.5 Å². The number of nitro groups is 1. The highest BCUT2D eigenvalue weighted by molar-refractivity contribution is 7.99. The highest BCUT2D eigenvalue weighted by atomic mass is 35.5.